The van der Waals surface area contributed by atoms with Gasteiger partial charge in [0, 0.05) is 10.7 Å². The summed E-state index contributed by atoms with van der Waals surface area (Å²) in [4.78, 5) is 12.5. The van der Waals surface area contributed by atoms with Crippen LogP contribution in [-0.4, -0.2) is 13.0 Å². The molecule has 0 aliphatic rings. The Kier molecular flexibility index (Phi) is 7.77. The third-order valence-electron chi connectivity index (χ3n) is 4.53. The summed E-state index contributed by atoms with van der Waals surface area (Å²) < 4.78 is 11.3. The summed E-state index contributed by atoms with van der Waals surface area (Å²) in [5.41, 5.74) is 3.04. The van der Waals surface area contributed by atoms with Crippen LogP contribution in [0.15, 0.2) is 66.2 Å². The summed E-state index contributed by atoms with van der Waals surface area (Å²) in [7, 11) is 1.49. The van der Waals surface area contributed by atoms with E-state index in [-0.39, 0.29) is 12.2 Å². The Morgan fingerprint density at radius 1 is 1.09 bits per heavy atom. The van der Waals surface area contributed by atoms with Gasteiger partial charge in [-0.2, -0.15) is 5.26 Å². The van der Waals surface area contributed by atoms with E-state index in [0.29, 0.717) is 32.8 Å². The van der Waals surface area contributed by atoms with Gasteiger partial charge >= 0.3 is 0 Å². The number of carbonyl (C=O) groups excluding carboxylic acids is 1. The lowest BCUT2D eigenvalue weighted by Crippen LogP contribution is -2.13. The summed E-state index contributed by atoms with van der Waals surface area (Å²) in [5, 5.41) is 13.1. The highest BCUT2D eigenvalue weighted by Gasteiger charge is 2.14. The van der Waals surface area contributed by atoms with E-state index in [0.717, 1.165) is 11.1 Å². The maximum absolute atomic E-state index is 12.5. The van der Waals surface area contributed by atoms with E-state index >= 15 is 0 Å². The Bertz CT molecular complexity index is 1180. The van der Waals surface area contributed by atoms with Crippen molar-refractivity contribution < 1.29 is 14.3 Å². The van der Waals surface area contributed by atoms with Crippen molar-refractivity contribution in [3.05, 3.63) is 93.0 Å². The Morgan fingerprint density at radius 3 is 2.41 bits per heavy atom. The number of halogens is 2. The van der Waals surface area contributed by atoms with Gasteiger partial charge in [-0.15, -0.1) is 0 Å². The first-order chi connectivity index (χ1) is 15.4. The minimum Gasteiger partial charge on any atom is -0.493 e. The van der Waals surface area contributed by atoms with Gasteiger partial charge in [0.2, 0.25) is 0 Å². The zero-order valence-corrected chi connectivity index (χ0v) is 19.0. The van der Waals surface area contributed by atoms with Gasteiger partial charge in [-0.1, -0.05) is 53.0 Å². The molecule has 0 aliphatic heterocycles. The molecule has 0 bridgehead atoms. The molecular weight excluding hydrogens is 447 g/mol. The number of ether oxygens (including phenoxy) is 2. The number of nitrogens with one attached hydrogen (secondary N) is 1. The van der Waals surface area contributed by atoms with Crippen molar-refractivity contribution in [2.24, 2.45) is 0 Å². The number of aryl methyl sites for hydroxylation is 1. The number of amides is 1. The first kappa shape index (κ1) is 23.2. The highest BCUT2D eigenvalue weighted by atomic mass is 35.5. The SMILES string of the molecule is COc1cc(/C=C(\C#N)C(=O)Nc2ccc(C)cc2)cc(Cl)c1OCc1ccc(Cl)cc1. The second-order valence-electron chi connectivity index (χ2n) is 6.94. The highest BCUT2D eigenvalue weighted by Crippen LogP contribution is 2.37. The van der Waals surface area contributed by atoms with Gasteiger partial charge in [-0.25, -0.2) is 0 Å². The molecule has 0 spiro atoms. The molecule has 32 heavy (non-hydrogen) atoms. The van der Waals surface area contributed by atoms with Gasteiger partial charge in [0.25, 0.3) is 5.91 Å². The normalized spacial score (nSPS) is 10.9. The van der Waals surface area contributed by atoms with Crippen molar-refractivity contribution in [3.8, 4) is 17.6 Å². The molecule has 5 nitrogen and oxygen atoms in total. The fourth-order valence-corrected chi connectivity index (χ4v) is 3.25. The molecule has 1 amide bonds. The Balaban J connectivity index is 1.80. The number of benzene rings is 3. The summed E-state index contributed by atoms with van der Waals surface area (Å²) in [6, 6.07) is 19.7. The van der Waals surface area contributed by atoms with Crippen LogP contribution in [0.25, 0.3) is 6.08 Å². The van der Waals surface area contributed by atoms with Crippen LogP contribution in [0.1, 0.15) is 16.7 Å². The van der Waals surface area contributed by atoms with E-state index in [2.05, 4.69) is 5.32 Å². The number of nitrogens with zero attached hydrogens (tertiary/aromatic N) is 1. The van der Waals surface area contributed by atoms with E-state index in [4.69, 9.17) is 32.7 Å². The molecule has 0 fully saturated rings. The van der Waals surface area contributed by atoms with E-state index in [9.17, 15) is 10.1 Å². The zero-order chi connectivity index (χ0) is 23.1. The van der Waals surface area contributed by atoms with Crippen molar-refractivity contribution in [1.82, 2.24) is 0 Å². The maximum Gasteiger partial charge on any atom is 0.266 e. The fourth-order valence-electron chi connectivity index (χ4n) is 2.85. The molecule has 0 aromatic heterocycles. The number of rotatable bonds is 7. The number of hydrogen-bond donors (Lipinski definition) is 1. The number of carbonyl (C=O) groups is 1. The van der Waals surface area contributed by atoms with E-state index in [1.165, 1.54) is 13.2 Å². The van der Waals surface area contributed by atoms with Gasteiger partial charge in [-0.3, -0.25) is 4.79 Å². The summed E-state index contributed by atoms with van der Waals surface area (Å²) in [6.45, 7) is 2.22. The van der Waals surface area contributed by atoms with Gasteiger partial charge < -0.3 is 14.8 Å². The van der Waals surface area contributed by atoms with Crippen molar-refractivity contribution in [2.45, 2.75) is 13.5 Å². The highest BCUT2D eigenvalue weighted by molar-refractivity contribution is 6.32. The third-order valence-corrected chi connectivity index (χ3v) is 5.07. The number of nitriles is 1. The monoisotopic (exact) mass is 466 g/mol. The molecule has 0 radical (unpaired) electrons. The van der Waals surface area contributed by atoms with E-state index in [1.54, 1.807) is 36.4 Å². The third kappa shape index (κ3) is 6.04. The molecular formula is C25H20Cl2N2O3. The second kappa shape index (κ2) is 10.7. The minimum absolute atomic E-state index is 0.0708. The largest absolute Gasteiger partial charge is 0.493 e. The topological polar surface area (TPSA) is 71.3 Å². The predicted octanol–water partition coefficient (Wildman–Crippen LogP) is 6.44. The van der Waals surface area contributed by atoms with Crippen molar-refractivity contribution in [1.29, 1.82) is 5.26 Å². The number of hydrogen-bond acceptors (Lipinski definition) is 4. The molecule has 0 atom stereocenters. The molecule has 3 rings (SSSR count). The smallest absolute Gasteiger partial charge is 0.266 e. The van der Waals surface area contributed by atoms with Crippen LogP contribution in [0, 0.1) is 18.3 Å². The molecule has 3 aromatic carbocycles. The molecule has 0 heterocycles. The molecule has 7 heteroatoms. The van der Waals surface area contributed by atoms with Crippen LogP contribution in [-0.2, 0) is 11.4 Å². The van der Waals surface area contributed by atoms with Crippen molar-refractivity contribution in [2.75, 3.05) is 12.4 Å². The van der Waals surface area contributed by atoms with Crippen molar-refractivity contribution in [3.63, 3.8) is 0 Å². The molecule has 0 unspecified atom stereocenters. The van der Waals surface area contributed by atoms with Crippen molar-refractivity contribution >= 4 is 40.9 Å². The Morgan fingerprint density at radius 2 is 1.78 bits per heavy atom. The van der Waals surface area contributed by atoms with Crippen LogP contribution in [0.4, 0.5) is 5.69 Å². The van der Waals surface area contributed by atoms with Gasteiger partial charge in [0.15, 0.2) is 11.5 Å². The average Bonchev–Trinajstić information content (AvgIpc) is 2.79. The summed E-state index contributed by atoms with van der Waals surface area (Å²) in [5.74, 6) is 0.229. The molecule has 162 valence electrons. The number of anilines is 1. The summed E-state index contributed by atoms with van der Waals surface area (Å²) in [6.07, 6.45) is 1.45. The minimum atomic E-state index is -0.519. The standard InChI is InChI=1S/C25H20Cl2N2O3/c1-16-3-9-21(10-4-16)29-25(30)19(14-28)11-18-12-22(27)24(23(13-18)31-2)32-15-17-5-7-20(26)8-6-17/h3-13H,15H2,1-2H3,(H,29,30)/b19-11+. The quantitative estimate of drug-likeness (QED) is 0.321. The molecule has 1 N–H and O–H groups in total. The average molecular weight is 467 g/mol. The van der Waals surface area contributed by atoms with Crippen LogP contribution >= 0.6 is 23.2 Å². The molecule has 3 aromatic rings. The first-order valence-corrected chi connectivity index (χ1v) is 10.4. The van der Waals surface area contributed by atoms with Gasteiger partial charge in [0.05, 0.1) is 12.1 Å². The van der Waals surface area contributed by atoms with Gasteiger partial charge in [0.1, 0.15) is 18.2 Å². The molecule has 0 saturated carbocycles. The number of methoxy groups -OCH3 is 1. The first-order valence-electron chi connectivity index (χ1n) is 9.64. The second-order valence-corrected chi connectivity index (χ2v) is 7.78. The van der Waals surface area contributed by atoms with Gasteiger partial charge in [-0.05, 0) is 60.5 Å². The molecule has 0 saturated heterocycles. The van der Waals surface area contributed by atoms with E-state index in [1.807, 2.05) is 37.3 Å². The van der Waals surface area contributed by atoms with Crippen LogP contribution in [0.3, 0.4) is 0 Å². The summed E-state index contributed by atoms with van der Waals surface area (Å²) >= 11 is 12.3. The molecule has 0 aliphatic carbocycles. The van der Waals surface area contributed by atoms with Crippen LogP contribution in [0.2, 0.25) is 10.0 Å². The maximum atomic E-state index is 12.5. The van der Waals surface area contributed by atoms with E-state index < -0.39 is 5.91 Å². The van der Waals surface area contributed by atoms with Crippen LogP contribution in [0.5, 0.6) is 11.5 Å². The zero-order valence-electron chi connectivity index (χ0n) is 17.5. The Hall–Kier alpha value is -3.46. The lowest BCUT2D eigenvalue weighted by atomic mass is 10.1. The predicted molar refractivity (Wildman–Crippen MR) is 127 cm³/mol. The fraction of sp³-hybridized carbons (Fsp3) is 0.120. The Labute approximate surface area is 196 Å². The van der Waals surface area contributed by atoms with Crippen LogP contribution < -0.4 is 14.8 Å². The lowest BCUT2D eigenvalue weighted by molar-refractivity contribution is -0.112. The lowest BCUT2D eigenvalue weighted by Gasteiger charge is -2.14.